The number of anilines is 1. The van der Waals surface area contributed by atoms with Gasteiger partial charge in [0.05, 0.1) is 40.4 Å². The summed E-state index contributed by atoms with van der Waals surface area (Å²) in [4.78, 5) is 42.4. The molecule has 11 heteroatoms. The third-order valence-corrected chi connectivity index (χ3v) is 8.14. The first kappa shape index (κ1) is 30.8. The maximum absolute atomic E-state index is 12.9. The molecule has 0 saturated carbocycles. The number of benzene rings is 2. The van der Waals surface area contributed by atoms with Crippen molar-refractivity contribution < 1.29 is 14.3 Å². The Morgan fingerprint density at radius 2 is 1.76 bits per heavy atom. The van der Waals surface area contributed by atoms with Gasteiger partial charge in [-0.25, -0.2) is 4.57 Å². The first-order valence-corrected chi connectivity index (χ1v) is 14.7. The number of piperazine rings is 1. The van der Waals surface area contributed by atoms with Crippen LogP contribution in [-0.4, -0.2) is 73.2 Å². The third kappa shape index (κ3) is 7.80. The maximum atomic E-state index is 12.9. The number of nitrogens with two attached hydrogens (primary N) is 1. The number of carbonyl (C=O) groups excluding carboxylic acids is 2. The molecule has 2 aromatic carbocycles. The van der Waals surface area contributed by atoms with Crippen LogP contribution in [0.2, 0.25) is 10.0 Å². The van der Waals surface area contributed by atoms with Gasteiger partial charge >= 0.3 is 0 Å². The Kier molecular flexibility index (Phi) is 10.7. The van der Waals surface area contributed by atoms with Crippen LogP contribution >= 0.6 is 23.2 Å². The number of pyridine rings is 1. The van der Waals surface area contributed by atoms with Crippen molar-refractivity contribution in [3.8, 4) is 5.75 Å². The summed E-state index contributed by atoms with van der Waals surface area (Å²) in [6, 6.07) is 13.3. The second kappa shape index (κ2) is 14.2. The number of aromatic nitrogens is 1. The average Bonchev–Trinajstić information content (AvgIpc) is 2.96. The van der Waals surface area contributed by atoms with Gasteiger partial charge in [-0.15, -0.1) is 0 Å². The molecule has 0 radical (unpaired) electrons. The molecule has 9 nitrogen and oxygen atoms in total. The van der Waals surface area contributed by atoms with E-state index in [9.17, 15) is 14.4 Å². The monoisotopic (exact) mass is 601 g/mol. The first-order chi connectivity index (χ1) is 19.7. The number of unbranched alkanes of at least 4 members (excludes halogenated alkanes) is 1. The van der Waals surface area contributed by atoms with Gasteiger partial charge in [0.2, 0.25) is 5.91 Å². The van der Waals surface area contributed by atoms with Gasteiger partial charge in [-0.3, -0.25) is 19.3 Å². The highest BCUT2D eigenvalue weighted by atomic mass is 35.5. The topological polar surface area (TPSA) is 110 Å². The van der Waals surface area contributed by atoms with Crippen LogP contribution in [0.5, 0.6) is 5.75 Å². The van der Waals surface area contributed by atoms with Gasteiger partial charge in [0, 0.05) is 38.3 Å². The molecule has 0 bridgehead atoms. The number of rotatable bonds is 11. The fourth-order valence-corrected chi connectivity index (χ4v) is 5.21. The number of hydrogen-bond donors (Lipinski definition) is 2. The molecule has 1 unspecified atom stereocenters. The molecule has 1 aromatic heterocycles. The Bertz CT molecular complexity index is 1440. The van der Waals surface area contributed by atoms with Crippen LogP contribution in [0.15, 0.2) is 53.3 Å². The van der Waals surface area contributed by atoms with E-state index in [2.05, 4.69) is 15.1 Å². The van der Waals surface area contributed by atoms with E-state index in [-0.39, 0.29) is 12.5 Å². The first-order valence-electron chi connectivity index (χ1n) is 13.9. The van der Waals surface area contributed by atoms with Crippen LogP contribution < -0.4 is 26.2 Å². The van der Waals surface area contributed by atoms with Gasteiger partial charge in [-0.1, -0.05) is 43.1 Å². The SMILES string of the molecule is CC(C)C(N)C(=O)NCC(=O)n1c(=O)ccc2ccc(OCCCCN3CCN(c4cccc(Cl)c4Cl)CC3)cc21. The lowest BCUT2D eigenvalue weighted by atomic mass is 10.1. The van der Waals surface area contributed by atoms with Gasteiger partial charge in [-0.2, -0.15) is 0 Å². The summed E-state index contributed by atoms with van der Waals surface area (Å²) in [5.74, 6) is -0.477. The highest BCUT2D eigenvalue weighted by Crippen LogP contribution is 2.32. The molecular weight excluding hydrogens is 565 g/mol. The third-order valence-electron chi connectivity index (χ3n) is 7.33. The van der Waals surface area contributed by atoms with E-state index in [0.717, 1.165) is 55.8 Å². The number of carbonyl (C=O) groups is 2. The van der Waals surface area contributed by atoms with E-state index in [1.54, 1.807) is 18.2 Å². The smallest absolute Gasteiger partial charge is 0.257 e. The summed E-state index contributed by atoms with van der Waals surface area (Å²) in [5, 5.41) is 4.43. The van der Waals surface area contributed by atoms with E-state index in [0.29, 0.717) is 33.3 Å². The molecule has 220 valence electrons. The predicted octanol–water partition coefficient (Wildman–Crippen LogP) is 4.03. The van der Waals surface area contributed by atoms with E-state index >= 15 is 0 Å². The minimum atomic E-state index is -0.732. The Morgan fingerprint density at radius 1 is 1.02 bits per heavy atom. The largest absolute Gasteiger partial charge is 0.494 e. The van der Waals surface area contributed by atoms with Crippen molar-refractivity contribution in [1.29, 1.82) is 0 Å². The molecule has 41 heavy (non-hydrogen) atoms. The minimum Gasteiger partial charge on any atom is -0.494 e. The van der Waals surface area contributed by atoms with Crippen LogP contribution in [0.25, 0.3) is 10.9 Å². The number of ether oxygens (including phenoxy) is 1. The fourth-order valence-electron chi connectivity index (χ4n) is 4.80. The van der Waals surface area contributed by atoms with Gasteiger partial charge in [0.25, 0.3) is 11.5 Å². The van der Waals surface area contributed by atoms with Gasteiger partial charge < -0.3 is 20.7 Å². The van der Waals surface area contributed by atoms with Crippen molar-refractivity contribution >= 4 is 51.6 Å². The molecule has 1 amide bonds. The van der Waals surface area contributed by atoms with Crippen molar-refractivity contribution in [2.75, 3.05) is 50.8 Å². The molecular formula is C30H37Cl2N5O4. The number of amides is 1. The van der Waals surface area contributed by atoms with Crippen molar-refractivity contribution in [2.24, 2.45) is 11.7 Å². The van der Waals surface area contributed by atoms with E-state index < -0.39 is 23.4 Å². The maximum Gasteiger partial charge on any atom is 0.257 e. The Balaban J connectivity index is 1.26. The molecule has 3 N–H and O–H groups in total. The number of nitrogens with one attached hydrogen (secondary N) is 1. The average molecular weight is 603 g/mol. The molecule has 1 saturated heterocycles. The van der Waals surface area contributed by atoms with Gasteiger partial charge in [-0.05, 0) is 61.0 Å². The lowest BCUT2D eigenvalue weighted by molar-refractivity contribution is -0.123. The Hall–Kier alpha value is -3.11. The van der Waals surface area contributed by atoms with Crippen molar-refractivity contribution in [3.05, 3.63) is 68.9 Å². The zero-order valence-corrected chi connectivity index (χ0v) is 25.0. The van der Waals surface area contributed by atoms with E-state index in [4.69, 9.17) is 33.7 Å². The van der Waals surface area contributed by atoms with E-state index in [1.165, 1.54) is 6.07 Å². The van der Waals surface area contributed by atoms with Crippen molar-refractivity contribution in [1.82, 2.24) is 14.8 Å². The predicted molar refractivity (Wildman–Crippen MR) is 165 cm³/mol. The summed E-state index contributed by atoms with van der Waals surface area (Å²) >= 11 is 12.6. The molecule has 2 heterocycles. The molecule has 3 aromatic rings. The summed E-state index contributed by atoms with van der Waals surface area (Å²) in [6.07, 6.45) is 1.84. The number of hydrogen-bond acceptors (Lipinski definition) is 7. The number of fused-ring (bicyclic) bond motifs is 1. The lowest BCUT2D eigenvalue weighted by Crippen LogP contribution is -2.46. The molecule has 0 aliphatic carbocycles. The molecule has 4 rings (SSSR count). The Labute approximate surface area is 250 Å². The summed E-state index contributed by atoms with van der Waals surface area (Å²) < 4.78 is 7.04. The summed E-state index contributed by atoms with van der Waals surface area (Å²) in [7, 11) is 0. The molecule has 1 aliphatic heterocycles. The van der Waals surface area contributed by atoms with Crippen LogP contribution in [0.4, 0.5) is 5.69 Å². The van der Waals surface area contributed by atoms with Crippen LogP contribution in [-0.2, 0) is 4.79 Å². The normalized spacial score (nSPS) is 14.8. The van der Waals surface area contributed by atoms with Crippen LogP contribution in [0, 0.1) is 5.92 Å². The fraction of sp³-hybridized carbons (Fsp3) is 0.433. The summed E-state index contributed by atoms with van der Waals surface area (Å²) in [6.45, 7) is 8.48. The highest BCUT2D eigenvalue weighted by molar-refractivity contribution is 6.43. The molecule has 1 aliphatic rings. The second-order valence-electron chi connectivity index (χ2n) is 10.6. The quantitative estimate of drug-likeness (QED) is 0.319. The van der Waals surface area contributed by atoms with E-state index in [1.807, 2.05) is 38.1 Å². The number of nitrogens with zero attached hydrogens (tertiary/aromatic N) is 3. The zero-order chi connectivity index (χ0) is 29.5. The highest BCUT2D eigenvalue weighted by Gasteiger charge is 2.21. The lowest BCUT2D eigenvalue weighted by Gasteiger charge is -2.36. The van der Waals surface area contributed by atoms with Crippen molar-refractivity contribution in [2.45, 2.75) is 32.7 Å². The second-order valence-corrected chi connectivity index (χ2v) is 11.4. The van der Waals surface area contributed by atoms with Crippen molar-refractivity contribution in [3.63, 3.8) is 0 Å². The standard InChI is InChI=1S/C30H37Cl2N5O4/c1-20(2)29(33)30(40)34-19-27(39)37-25-18-22(10-8-21(25)9-11-26(37)38)41-17-4-3-12-35-13-15-36(16-14-35)24-7-5-6-23(31)28(24)32/h5-11,18,20,29H,3-4,12-17,19,33H2,1-2H3,(H,34,40). The zero-order valence-electron chi connectivity index (χ0n) is 23.4. The van der Waals surface area contributed by atoms with Gasteiger partial charge in [0.1, 0.15) is 5.75 Å². The van der Waals surface area contributed by atoms with Crippen LogP contribution in [0.3, 0.4) is 0 Å². The summed E-state index contributed by atoms with van der Waals surface area (Å²) in [5.41, 5.74) is 6.79. The molecule has 0 spiro atoms. The molecule has 1 atom stereocenters. The Morgan fingerprint density at radius 3 is 2.49 bits per heavy atom. The van der Waals surface area contributed by atoms with Crippen LogP contribution in [0.1, 0.15) is 31.5 Å². The molecule has 1 fully saturated rings. The minimum absolute atomic E-state index is 0.0744. The number of halogens is 2. The van der Waals surface area contributed by atoms with Gasteiger partial charge in [0.15, 0.2) is 0 Å².